The summed E-state index contributed by atoms with van der Waals surface area (Å²) in [5.74, 6) is 0. The fraction of sp³-hybridized carbons (Fsp3) is 0.625. The van der Waals surface area contributed by atoms with Gasteiger partial charge in [-0.05, 0) is 38.4 Å². The third-order valence-electron chi connectivity index (χ3n) is 4.26. The van der Waals surface area contributed by atoms with Gasteiger partial charge in [0.25, 0.3) is 0 Å². The van der Waals surface area contributed by atoms with Gasteiger partial charge in [-0.3, -0.25) is 0 Å². The van der Waals surface area contributed by atoms with Gasteiger partial charge in [-0.25, -0.2) is 0 Å². The van der Waals surface area contributed by atoms with Crippen LogP contribution in [0.3, 0.4) is 0 Å². The maximum Gasteiger partial charge on any atom is 0.0840 e. The van der Waals surface area contributed by atoms with Crippen molar-refractivity contribution in [2.45, 2.75) is 44.5 Å². The third kappa shape index (κ3) is 3.16. The Balaban J connectivity index is 1.52. The topological polar surface area (TPSA) is 30.5 Å². The van der Waals surface area contributed by atoms with Crippen LogP contribution < -0.4 is 5.32 Å². The number of benzene rings is 1. The SMILES string of the molecule is Cc1cccc(COC2COC3(CCNCC3)C2)c1. The molecule has 2 fully saturated rings. The summed E-state index contributed by atoms with van der Waals surface area (Å²) in [5.41, 5.74) is 2.65. The Bertz CT molecular complexity index is 427. The summed E-state index contributed by atoms with van der Waals surface area (Å²) in [5, 5.41) is 3.39. The highest BCUT2D eigenvalue weighted by Gasteiger charge is 2.41. The van der Waals surface area contributed by atoms with Gasteiger partial charge in [-0.15, -0.1) is 0 Å². The maximum atomic E-state index is 6.04. The molecule has 2 aliphatic heterocycles. The molecule has 0 amide bonds. The Morgan fingerprint density at radius 2 is 2.21 bits per heavy atom. The molecule has 1 aromatic rings. The number of nitrogens with one attached hydrogen (secondary N) is 1. The van der Waals surface area contributed by atoms with Crippen molar-refractivity contribution < 1.29 is 9.47 Å². The molecule has 3 heteroatoms. The summed E-state index contributed by atoms with van der Waals surface area (Å²) in [7, 11) is 0. The number of aryl methyl sites for hydroxylation is 1. The van der Waals surface area contributed by atoms with Gasteiger partial charge < -0.3 is 14.8 Å². The molecule has 0 saturated carbocycles. The molecule has 2 heterocycles. The summed E-state index contributed by atoms with van der Waals surface area (Å²) in [6.45, 7) is 5.72. The predicted octanol–water partition coefficient (Wildman–Crippen LogP) is 2.42. The summed E-state index contributed by atoms with van der Waals surface area (Å²) >= 11 is 0. The Labute approximate surface area is 115 Å². The lowest BCUT2D eigenvalue weighted by Gasteiger charge is -2.32. The third-order valence-corrected chi connectivity index (χ3v) is 4.26. The lowest BCUT2D eigenvalue weighted by Crippen LogP contribution is -2.41. The van der Waals surface area contributed by atoms with E-state index >= 15 is 0 Å². The van der Waals surface area contributed by atoms with Crippen molar-refractivity contribution in [3.63, 3.8) is 0 Å². The van der Waals surface area contributed by atoms with E-state index in [0.29, 0.717) is 6.61 Å². The molecule has 2 aliphatic rings. The molecule has 19 heavy (non-hydrogen) atoms. The molecular weight excluding hydrogens is 238 g/mol. The Morgan fingerprint density at radius 3 is 3.00 bits per heavy atom. The number of hydrogen-bond donors (Lipinski definition) is 1. The first-order chi connectivity index (χ1) is 9.26. The van der Waals surface area contributed by atoms with Gasteiger partial charge in [0.15, 0.2) is 0 Å². The van der Waals surface area contributed by atoms with Crippen molar-refractivity contribution in [3.8, 4) is 0 Å². The zero-order valence-electron chi connectivity index (χ0n) is 11.7. The van der Waals surface area contributed by atoms with Crippen LogP contribution in [0.4, 0.5) is 0 Å². The Hall–Kier alpha value is -0.900. The largest absolute Gasteiger partial charge is 0.372 e. The number of ether oxygens (including phenoxy) is 2. The van der Waals surface area contributed by atoms with E-state index in [9.17, 15) is 0 Å². The first-order valence-corrected chi connectivity index (χ1v) is 7.28. The highest BCUT2D eigenvalue weighted by molar-refractivity contribution is 5.21. The molecule has 3 nitrogen and oxygen atoms in total. The van der Waals surface area contributed by atoms with Crippen LogP contribution in [-0.4, -0.2) is 31.4 Å². The second-order valence-electron chi connectivity index (χ2n) is 5.87. The van der Waals surface area contributed by atoms with Crippen LogP contribution in [-0.2, 0) is 16.1 Å². The van der Waals surface area contributed by atoms with Crippen molar-refractivity contribution in [2.24, 2.45) is 0 Å². The quantitative estimate of drug-likeness (QED) is 0.906. The standard InChI is InChI=1S/C16H23NO2/c1-13-3-2-4-14(9-13)11-18-15-10-16(19-12-15)5-7-17-8-6-16/h2-4,9,15,17H,5-8,10-12H2,1H3. The van der Waals surface area contributed by atoms with Gasteiger partial charge in [0.1, 0.15) is 0 Å². The molecule has 2 saturated heterocycles. The number of hydrogen-bond acceptors (Lipinski definition) is 3. The molecular formula is C16H23NO2. The van der Waals surface area contributed by atoms with Crippen LogP contribution in [0.5, 0.6) is 0 Å². The van der Waals surface area contributed by atoms with Crippen LogP contribution in [0.2, 0.25) is 0 Å². The smallest absolute Gasteiger partial charge is 0.0840 e. The van der Waals surface area contributed by atoms with E-state index in [1.54, 1.807) is 0 Å². The van der Waals surface area contributed by atoms with Gasteiger partial charge in [0, 0.05) is 6.42 Å². The highest BCUT2D eigenvalue weighted by Crippen LogP contribution is 2.35. The number of piperidine rings is 1. The first-order valence-electron chi connectivity index (χ1n) is 7.28. The fourth-order valence-electron chi connectivity index (χ4n) is 3.16. The molecule has 1 unspecified atom stereocenters. The minimum atomic E-state index is 0.0997. The molecule has 0 bridgehead atoms. The van der Waals surface area contributed by atoms with Crippen LogP contribution in [0, 0.1) is 6.92 Å². The summed E-state index contributed by atoms with van der Waals surface area (Å²) in [6.07, 6.45) is 3.56. The molecule has 1 N–H and O–H groups in total. The number of rotatable bonds is 3. The molecule has 0 radical (unpaired) electrons. The average molecular weight is 261 g/mol. The minimum Gasteiger partial charge on any atom is -0.372 e. The van der Waals surface area contributed by atoms with Crippen molar-refractivity contribution >= 4 is 0 Å². The van der Waals surface area contributed by atoms with E-state index in [2.05, 4.69) is 36.5 Å². The van der Waals surface area contributed by atoms with Crippen molar-refractivity contribution in [3.05, 3.63) is 35.4 Å². The zero-order chi connectivity index (χ0) is 13.1. The molecule has 3 rings (SSSR count). The minimum absolute atomic E-state index is 0.0997. The molecule has 104 valence electrons. The van der Waals surface area contributed by atoms with Gasteiger partial charge in [-0.1, -0.05) is 29.8 Å². The van der Waals surface area contributed by atoms with Gasteiger partial charge in [0.2, 0.25) is 0 Å². The van der Waals surface area contributed by atoms with E-state index in [1.807, 2.05) is 0 Å². The fourth-order valence-corrected chi connectivity index (χ4v) is 3.16. The maximum absolute atomic E-state index is 6.04. The second kappa shape index (κ2) is 5.61. The zero-order valence-corrected chi connectivity index (χ0v) is 11.7. The van der Waals surface area contributed by atoms with Gasteiger partial charge in [0.05, 0.1) is 24.9 Å². The molecule has 1 aromatic carbocycles. The lowest BCUT2D eigenvalue weighted by atomic mass is 9.89. The summed E-state index contributed by atoms with van der Waals surface area (Å²) in [6, 6.07) is 8.53. The molecule has 0 aromatic heterocycles. The van der Waals surface area contributed by atoms with Crippen molar-refractivity contribution in [2.75, 3.05) is 19.7 Å². The van der Waals surface area contributed by atoms with E-state index in [-0.39, 0.29) is 11.7 Å². The summed E-state index contributed by atoms with van der Waals surface area (Å²) in [4.78, 5) is 0. The predicted molar refractivity (Wildman–Crippen MR) is 75.2 cm³/mol. The summed E-state index contributed by atoms with van der Waals surface area (Å²) < 4.78 is 12.1. The highest BCUT2D eigenvalue weighted by atomic mass is 16.6. The molecule has 1 atom stereocenters. The average Bonchev–Trinajstić information content (AvgIpc) is 2.80. The van der Waals surface area contributed by atoms with Crippen LogP contribution in [0.25, 0.3) is 0 Å². The van der Waals surface area contributed by atoms with Gasteiger partial charge >= 0.3 is 0 Å². The van der Waals surface area contributed by atoms with Crippen LogP contribution in [0.1, 0.15) is 30.4 Å². The van der Waals surface area contributed by atoms with E-state index < -0.39 is 0 Å². The lowest BCUT2D eigenvalue weighted by molar-refractivity contribution is -0.0240. The van der Waals surface area contributed by atoms with Crippen molar-refractivity contribution in [1.82, 2.24) is 5.32 Å². The normalized spacial score (nSPS) is 25.8. The Kier molecular flexibility index (Phi) is 3.87. The molecule has 1 spiro atoms. The van der Waals surface area contributed by atoms with Gasteiger partial charge in [-0.2, -0.15) is 0 Å². The monoisotopic (exact) mass is 261 g/mol. The van der Waals surface area contributed by atoms with Crippen molar-refractivity contribution in [1.29, 1.82) is 0 Å². The van der Waals surface area contributed by atoms with Crippen LogP contribution >= 0.6 is 0 Å². The first kappa shape index (κ1) is 13.1. The molecule has 0 aliphatic carbocycles. The van der Waals surface area contributed by atoms with E-state index in [1.165, 1.54) is 11.1 Å². The van der Waals surface area contributed by atoms with E-state index in [0.717, 1.165) is 39.0 Å². The second-order valence-corrected chi connectivity index (χ2v) is 5.87. The van der Waals surface area contributed by atoms with E-state index in [4.69, 9.17) is 9.47 Å². The Morgan fingerprint density at radius 1 is 1.37 bits per heavy atom. The van der Waals surface area contributed by atoms with Crippen LogP contribution in [0.15, 0.2) is 24.3 Å².